The second-order valence-electron chi connectivity index (χ2n) is 10.9. The van der Waals surface area contributed by atoms with Gasteiger partial charge in [-0.15, -0.1) is 11.6 Å². The summed E-state index contributed by atoms with van der Waals surface area (Å²) in [7, 11) is 0. The highest BCUT2D eigenvalue weighted by Gasteiger charge is 2.28. The van der Waals surface area contributed by atoms with Gasteiger partial charge < -0.3 is 14.2 Å². The van der Waals surface area contributed by atoms with Gasteiger partial charge in [-0.05, 0) is 65.7 Å². The molecular formula is C30H37ClN2O5. The molecule has 1 aromatic heterocycles. The van der Waals surface area contributed by atoms with Gasteiger partial charge in [0.05, 0.1) is 5.69 Å². The van der Waals surface area contributed by atoms with Crippen molar-refractivity contribution in [2.75, 3.05) is 17.3 Å². The fourth-order valence-corrected chi connectivity index (χ4v) is 3.97. The quantitative estimate of drug-likeness (QED) is 0.225. The molecule has 1 heterocycles. The van der Waals surface area contributed by atoms with Crippen molar-refractivity contribution in [3.05, 3.63) is 71.9 Å². The van der Waals surface area contributed by atoms with E-state index in [1.54, 1.807) is 23.2 Å². The zero-order valence-corrected chi connectivity index (χ0v) is 24.0. The van der Waals surface area contributed by atoms with Crippen molar-refractivity contribution in [2.24, 2.45) is 0 Å². The number of aromatic nitrogens is 1. The van der Waals surface area contributed by atoms with Crippen LogP contribution in [0.25, 0.3) is 10.9 Å². The van der Waals surface area contributed by atoms with Gasteiger partial charge in [-0.2, -0.15) is 0 Å². The highest BCUT2D eigenvalue weighted by Crippen LogP contribution is 2.38. The molecule has 7 nitrogen and oxygen atoms in total. The third-order valence-corrected chi connectivity index (χ3v) is 5.63. The molecule has 0 N–H and O–H groups in total. The zero-order valence-electron chi connectivity index (χ0n) is 23.2. The number of fused-ring (bicyclic) bond motifs is 1. The highest BCUT2D eigenvalue weighted by atomic mass is 35.5. The van der Waals surface area contributed by atoms with Gasteiger partial charge in [0, 0.05) is 30.1 Å². The van der Waals surface area contributed by atoms with Crippen molar-refractivity contribution >= 4 is 40.4 Å². The Balaban J connectivity index is 2.17. The Morgan fingerprint density at radius 1 is 0.974 bits per heavy atom. The van der Waals surface area contributed by atoms with E-state index in [1.807, 2.05) is 90.9 Å². The minimum atomic E-state index is -0.684. The van der Waals surface area contributed by atoms with E-state index in [-0.39, 0.29) is 13.2 Å². The van der Waals surface area contributed by atoms with E-state index in [0.717, 1.165) is 16.5 Å². The lowest BCUT2D eigenvalue weighted by atomic mass is 10.1. The lowest BCUT2D eigenvalue weighted by Crippen LogP contribution is -2.37. The number of amides is 1. The first-order valence-electron chi connectivity index (χ1n) is 12.6. The number of alkyl halides is 1. The maximum Gasteiger partial charge on any atom is 0.419 e. The summed E-state index contributed by atoms with van der Waals surface area (Å²) < 4.78 is 19.1. The maximum absolute atomic E-state index is 13.3. The molecule has 3 aromatic rings. The van der Waals surface area contributed by atoms with Crippen molar-refractivity contribution < 1.29 is 23.8 Å². The lowest BCUT2D eigenvalue weighted by Gasteiger charge is -2.28. The standard InChI is InChI=1S/C30H37ClN2O5/c1-21-23-15-18-33(28(35)38-30(5,6)7)26(23)25(36-20-22-13-9-8-10-14-22)19-24(21)32(17-12-11-16-31)27(34)37-29(2,3)4/h8-15,18-19H,16-17,20H2,1-7H3/b12-11+. The van der Waals surface area contributed by atoms with E-state index < -0.39 is 23.4 Å². The molecule has 0 aliphatic carbocycles. The Morgan fingerprint density at radius 2 is 1.63 bits per heavy atom. The van der Waals surface area contributed by atoms with Crippen molar-refractivity contribution in [1.82, 2.24) is 4.57 Å². The van der Waals surface area contributed by atoms with Crippen LogP contribution in [-0.4, -0.2) is 40.4 Å². The zero-order chi connectivity index (χ0) is 28.1. The van der Waals surface area contributed by atoms with E-state index in [9.17, 15) is 9.59 Å². The second-order valence-corrected chi connectivity index (χ2v) is 11.2. The van der Waals surface area contributed by atoms with Crippen LogP contribution in [0.1, 0.15) is 52.7 Å². The number of carbonyl (C=O) groups is 2. The number of nitrogens with zero attached hydrogens (tertiary/aromatic N) is 2. The van der Waals surface area contributed by atoms with Gasteiger partial charge in [-0.1, -0.05) is 42.5 Å². The summed E-state index contributed by atoms with van der Waals surface area (Å²) in [6, 6.07) is 13.3. The number of hydrogen-bond donors (Lipinski definition) is 0. The average Bonchev–Trinajstić information content (AvgIpc) is 3.27. The molecular weight excluding hydrogens is 504 g/mol. The first kappa shape index (κ1) is 29.1. The molecule has 0 aliphatic rings. The predicted molar refractivity (Wildman–Crippen MR) is 153 cm³/mol. The molecule has 0 radical (unpaired) electrons. The summed E-state index contributed by atoms with van der Waals surface area (Å²) in [5.74, 6) is 0.764. The predicted octanol–water partition coefficient (Wildman–Crippen LogP) is 7.85. The number of anilines is 1. The van der Waals surface area contributed by atoms with Gasteiger partial charge in [0.15, 0.2) is 0 Å². The Morgan fingerprint density at radius 3 is 2.24 bits per heavy atom. The fourth-order valence-electron chi connectivity index (χ4n) is 3.85. The third-order valence-electron chi connectivity index (χ3n) is 5.45. The third kappa shape index (κ3) is 7.54. The van der Waals surface area contributed by atoms with Crippen LogP contribution < -0.4 is 9.64 Å². The van der Waals surface area contributed by atoms with Gasteiger partial charge in [0.1, 0.15) is 29.1 Å². The van der Waals surface area contributed by atoms with E-state index >= 15 is 0 Å². The van der Waals surface area contributed by atoms with Crippen LogP contribution in [0, 0.1) is 6.92 Å². The number of aryl methyl sites for hydroxylation is 1. The molecule has 0 fully saturated rings. The van der Waals surface area contributed by atoms with Crippen LogP contribution in [0.2, 0.25) is 0 Å². The molecule has 0 atom stereocenters. The van der Waals surface area contributed by atoms with E-state index in [0.29, 0.717) is 22.8 Å². The van der Waals surface area contributed by atoms with Gasteiger partial charge in [-0.3, -0.25) is 4.90 Å². The van der Waals surface area contributed by atoms with Gasteiger partial charge >= 0.3 is 12.2 Å². The molecule has 2 aromatic carbocycles. The van der Waals surface area contributed by atoms with Crippen molar-refractivity contribution in [3.8, 4) is 5.75 Å². The van der Waals surface area contributed by atoms with Gasteiger partial charge in [0.25, 0.3) is 0 Å². The number of halogens is 1. The number of hydrogen-bond acceptors (Lipinski definition) is 5. The minimum absolute atomic E-state index is 0.249. The molecule has 8 heteroatoms. The van der Waals surface area contributed by atoms with E-state index in [1.165, 1.54) is 4.57 Å². The molecule has 0 saturated heterocycles. The van der Waals surface area contributed by atoms with Crippen molar-refractivity contribution in [2.45, 2.75) is 66.3 Å². The highest BCUT2D eigenvalue weighted by molar-refractivity contribution is 6.18. The van der Waals surface area contributed by atoms with Crippen molar-refractivity contribution in [1.29, 1.82) is 0 Å². The minimum Gasteiger partial charge on any atom is -0.487 e. The van der Waals surface area contributed by atoms with Crippen LogP contribution in [0.4, 0.5) is 15.3 Å². The summed E-state index contributed by atoms with van der Waals surface area (Å²) in [5.41, 5.74) is 1.58. The smallest absolute Gasteiger partial charge is 0.419 e. The SMILES string of the molecule is Cc1c(N(C/C=C/CCl)C(=O)OC(C)(C)C)cc(OCc2ccccc2)c2c1ccn2C(=O)OC(C)(C)C. The summed E-state index contributed by atoms with van der Waals surface area (Å²) >= 11 is 5.84. The molecule has 0 aliphatic heterocycles. The molecule has 204 valence electrons. The van der Waals surface area contributed by atoms with Crippen LogP contribution in [0.15, 0.2) is 60.8 Å². The second kappa shape index (κ2) is 11.9. The number of carbonyl (C=O) groups excluding carboxylic acids is 2. The summed E-state index contributed by atoms with van der Waals surface area (Å²) in [5, 5.41) is 0.756. The first-order chi connectivity index (χ1) is 17.8. The molecule has 3 rings (SSSR count). The molecule has 0 spiro atoms. The topological polar surface area (TPSA) is 70.0 Å². The summed E-state index contributed by atoms with van der Waals surface area (Å²) in [6.07, 6.45) is 4.24. The van der Waals surface area contributed by atoms with E-state index in [4.69, 9.17) is 25.8 Å². The molecule has 38 heavy (non-hydrogen) atoms. The summed E-state index contributed by atoms with van der Waals surface area (Å²) in [4.78, 5) is 28.0. The largest absolute Gasteiger partial charge is 0.487 e. The Hall–Kier alpha value is -3.45. The van der Waals surface area contributed by atoms with Crippen LogP contribution in [0.3, 0.4) is 0 Å². The molecule has 0 bridgehead atoms. The number of rotatable bonds is 7. The van der Waals surface area contributed by atoms with Crippen LogP contribution in [0.5, 0.6) is 5.75 Å². The Kier molecular flexibility index (Phi) is 9.15. The molecule has 0 unspecified atom stereocenters. The Bertz CT molecular complexity index is 1300. The monoisotopic (exact) mass is 540 g/mol. The number of benzene rings is 2. The van der Waals surface area contributed by atoms with Crippen molar-refractivity contribution in [3.63, 3.8) is 0 Å². The summed E-state index contributed by atoms with van der Waals surface area (Å²) in [6.45, 7) is 13.4. The molecule has 0 saturated carbocycles. The Labute approximate surface area is 229 Å². The normalized spacial score (nSPS) is 12.1. The van der Waals surface area contributed by atoms with Crippen LogP contribution >= 0.6 is 11.6 Å². The number of ether oxygens (including phenoxy) is 3. The maximum atomic E-state index is 13.3. The van der Waals surface area contributed by atoms with Crippen LogP contribution in [-0.2, 0) is 16.1 Å². The lowest BCUT2D eigenvalue weighted by molar-refractivity contribution is 0.0540. The van der Waals surface area contributed by atoms with E-state index in [2.05, 4.69) is 0 Å². The fraction of sp³-hybridized carbons (Fsp3) is 0.400. The first-order valence-corrected chi connectivity index (χ1v) is 13.1. The number of allylic oxidation sites excluding steroid dienone is 1. The van der Waals surface area contributed by atoms with Gasteiger partial charge in [-0.25, -0.2) is 14.2 Å². The molecule has 1 amide bonds. The average molecular weight is 541 g/mol. The van der Waals surface area contributed by atoms with Gasteiger partial charge in [0.2, 0.25) is 0 Å².